The summed E-state index contributed by atoms with van der Waals surface area (Å²) in [5, 5.41) is 19.6. The molecular weight excluding hydrogens is 395 g/mol. The van der Waals surface area contributed by atoms with Crippen LogP contribution in [0.25, 0.3) is 16.7 Å². The smallest absolute Gasteiger partial charge is 0.150 e. The summed E-state index contributed by atoms with van der Waals surface area (Å²) in [6.07, 6.45) is 3.81. The summed E-state index contributed by atoms with van der Waals surface area (Å²) >= 11 is 0. The van der Waals surface area contributed by atoms with E-state index in [0.29, 0.717) is 0 Å². The van der Waals surface area contributed by atoms with Gasteiger partial charge >= 0.3 is 0 Å². The molecule has 7 heteroatoms. The number of benzene rings is 1. The van der Waals surface area contributed by atoms with Crippen LogP contribution in [-0.2, 0) is 0 Å². The molecule has 0 atom stereocenters. The summed E-state index contributed by atoms with van der Waals surface area (Å²) in [6.45, 7) is 12.0. The second-order valence-corrected chi connectivity index (χ2v) is 8.83. The van der Waals surface area contributed by atoms with Crippen molar-refractivity contribution < 1.29 is 0 Å². The van der Waals surface area contributed by atoms with E-state index < -0.39 is 5.92 Å². The lowest BCUT2D eigenvalue weighted by atomic mass is 9.72. The zero-order valence-electron chi connectivity index (χ0n) is 19.5. The Balaban J connectivity index is 1.78. The summed E-state index contributed by atoms with van der Waals surface area (Å²) in [4.78, 5) is 12.0. The van der Waals surface area contributed by atoms with Gasteiger partial charge in [0.05, 0.1) is 23.2 Å². The Morgan fingerprint density at radius 3 is 2.19 bits per heavy atom. The van der Waals surface area contributed by atoms with Gasteiger partial charge in [-0.1, -0.05) is 24.4 Å². The van der Waals surface area contributed by atoms with Crippen molar-refractivity contribution in [3.05, 3.63) is 40.8 Å². The number of piperidine rings is 1. The van der Waals surface area contributed by atoms with Crippen LogP contribution in [0.5, 0.6) is 0 Å². The Morgan fingerprint density at radius 1 is 1.00 bits per heavy atom. The zero-order chi connectivity index (χ0) is 23.0. The van der Waals surface area contributed by atoms with Gasteiger partial charge in [-0.3, -0.25) is 0 Å². The third-order valence-corrected chi connectivity index (χ3v) is 6.60. The van der Waals surface area contributed by atoms with Gasteiger partial charge in [-0.2, -0.15) is 10.5 Å². The van der Waals surface area contributed by atoms with Crippen molar-refractivity contribution in [2.75, 3.05) is 18.0 Å². The molecular formula is C25H28BN6. The molecule has 4 rings (SSSR count). The Morgan fingerprint density at radius 2 is 1.62 bits per heavy atom. The Hall–Kier alpha value is -3.32. The van der Waals surface area contributed by atoms with Crippen molar-refractivity contribution in [2.24, 2.45) is 11.8 Å². The molecule has 3 aromatic rings. The molecule has 1 aliphatic rings. The van der Waals surface area contributed by atoms with Gasteiger partial charge in [0.25, 0.3) is 0 Å². The fraction of sp³-hybridized carbons (Fsp3) is 0.440. The first-order valence-corrected chi connectivity index (χ1v) is 11.2. The minimum absolute atomic E-state index is 0.129. The van der Waals surface area contributed by atoms with E-state index in [4.69, 9.17) is 9.97 Å². The highest BCUT2D eigenvalue weighted by Crippen LogP contribution is 2.35. The SMILES string of the molecule is C[B]c1cc(C)c(-n2cc(C)c3c(N4CCC(C(C#N)C#N)CC4)nc(C)nc32)c(C)c1. The molecule has 3 heterocycles. The van der Waals surface area contributed by atoms with Crippen LogP contribution in [0.3, 0.4) is 0 Å². The molecule has 0 unspecified atom stereocenters. The van der Waals surface area contributed by atoms with Gasteiger partial charge in [-0.25, -0.2) is 9.97 Å². The number of fused-ring (bicyclic) bond motifs is 1. The van der Waals surface area contributed by atoms with E-state index in [1.165, 1.54) is 22.3 Å². The molecule has 161 valence electrons. The summed E-state index contributed by atoms with van der Waals surface area (Å²) < 4.78 is 2.21. The lowest BCUT2D eigenvalue weighted by molar-refractivity contribution is 0.366. The molecule has 6 nitrogen and oxygen atoms in total. The average molecular weight is 423 g/mol. The molecule has 0 saturated carbocycles. The molecule has 0 spiro atoms. The van der Waals surface area contributed by atoms with E-state index in [9.17, 15) is 10.5 Å². The molecule has 0 bridgehead atoms. The van der Waals surface area contributed by atoms with Gasteiger partial charge in [0.2, 0.25) is 0 Å². The molecule has 0 N–H and O–H groups in total. The summed E-state index contributed by atoms with van der Waals surface area (Å²) in [5.74, 6) is 1.31. The standard InChI is InChI=1S/C25H28BN6/c1-15-10-21(26-5)11-16(2)23(15)32-14-17(3)22-24(29-18(4)30-25(22)32)31-8-6-19(7-9-31)20(12-27)13-28/h10-11,14,19-20H,6-9H2,1-5H3. The highest BCUT2D eigenvalue weighted by atomic mass is 15.2. The predicted octanol–water partition coefficient (Wildman–Crippen LogP) is 3.91. The molecule has 1 aliphatic heterocycles. The van der Waals surface area contributed by atoms with Crippen LogP contribution in [0.1, 0.15) is 35.4 Å². The van der Waals surface area contributed by atoms with Crippen LogP contribution < -0.4 is 10.4 Å². The van der Waals surface area contributed by atoms with Crippen molar-refractivity contribution in [1.82, 2.24) is 14.5 Å². The Bertz CT molecular complexity index is 1220. The maximum Gasteiger partial charge on any atom is 0.150 e. The first-order chi connectivity index (χ1) is 15.4. The molecule has 1 radical (unpaired) electrons. The number of aryl methyl sites for hydroxylation is 4. The van der Waals surface area contributed by atoms with E-state index in [-0.39, 0.29) is 5.92 Å². The monoisotopic (exact) mass is 423 g/mol. The van der Waals surface area contributed by atoms with Crippen molar-refractivity contribution in [3.63, 3.8) is 0 Å². The average Bonchev–Trinajstić information content (AvgIpc) is 3.09. The topological polar surface area (TPSA) is 81.5 Å². The van der Waals surface area contributed by atoms with Gasteiger partial charge in [0.1, 0.15) is 24.8 Å². The minimum atomic E-state index is -0.526. The van der Waals surface area contributed by atoms with Crippen molar-refractivity contribution >= 4 is 29.6 Å². The number of nitrogens with zero attached hydrogens (tertiary/aromatic N) is 6. The second kappa shape index (κ2) is 8.67. The van der Waals surface area contributed by atoms with Crippen LogP contribution in [0.15, 0.2) is 18.3 Å². The van der Waals surface area contributed by atoms with Gasteiger partial charge in [0.15, 0.2) is 5.65 Å². The summed E-state index contributed by atoms with van der Waals surface area (Å²) in [5.41, 5.74) is 6.90. The predicted molar refractivity (Wildman–Crippen MR) is 129 cm³/mol. The van der Waals surface area contributed by atoms with Gasteiger partial charge < -0.3 is 9.47 Å². The van der Waals surface area contributed by atoms with E-state index in [0.717, 1.165) is 54.2 Å². The number of hydrogen-bond donors (Lipinski definition) is 0. The highest BCUT2D eigenvalue weighted by molar-refractivity contribution is 6.52. The number of nitriles is 2. The first kappa shape index (κ1) is 21.9. The largest absolute Gasteiger partial charge is 0.356 e. The zero-order valence-corrected chi connectivity index (χ0v) is 19.5. The minimum Gasteiger partial charge on any atom is -0.356 e. The van der Waals surface area contributed by atoms with Crippen LogP contribution >= 0.6 is 0 Å². The number of rotatable bonds is 4. The summed E-state index contributed by atoms with van der Waals surface area (Å²) in [7, 11) is 2.13. The van der Waals surface area contributed by atoms with Gasteiger partial charge in [-0.15, -0.1) is 0 Å². The molecule has 0 amide bonds. The van der Waals surface area contributed by atoms with Crippen molar-refractivity contribution in [1.29, 1.82) is 10.5 Å². The number of anilines is 1. The molecule has 1 saturated heterocycles. The van der Waals surface area contributed by atoms with E-state index in [1.54, 1.807) is 0 Å². The Kier molecular flexibility index (Phi) is 5.93. The van der Waals surface area contributed by atoms with Crippen molar-refractivity contribution in [2.45, 2.75) is 47.4 Å². The maximum absolute atomic E-state index is 9.25. The lowest BCUT2D eigenvalue weighted by Gasteiger charge is -2.33. The number of aromatic nitrogens is 3. The van der Waals surface area contributed by atoms with Crippen LogP contribution in [0, 0.1) is 62.2 Å². The third-order valence-electron chi connectivity index (χ3n) is 6.60. The van der Waals surface area contributed by atoms with Gasteiger partial charge in [0, 0.05) is 19.3 Å². The molecule has 1 fully saturated rings. The first-order valence-electron chi connectivity index (χ1n) is 11.2. The molecule has 32 heavy (non-hydrogen) atoms. The lowest BCUT2D eigenvalue weighted by Crippen LogP contribution is -2.36. The van der Waals surface area contributed by atoms with Crippen LogP contribution in [-0.4, -0.2) is 34.9 Å². The van der Waals surface area contributed by atoms with Crippen LogP contribution in [0.4, 0.5) is 5.82 Å². The van der Waals surface area contributed by atoms with E-state index in [2.05, 4.69) is 74.8 Å². The molecule has 0 aliphatic carbocycles. The normalized spacial score (nSPS) is 14.6. The van der Waals surface area contributed by atoms with Crippen molar-refractivity contribution in [3.8, 4) is 17.8 Å². The highest BCUT2D eigenvalue weighted by Gasteiger charge is 2.29. The fourth-order valence-electron chi connectivity index (χ4n) is 5.01. The maximum atomic E-state index is 9.25. The number of hydrogen-bond acceptors (Lipinski definition) is 5. The second-order valence-electron chi connectivity index (χ2n) is 8.83. The molecule has 1 aromatic carbocycles. The summed E-state index contributed by atoms with van der Waals surface area (Å²) in [6, 6.07) is 8.73. The van der Waals surface area contributed by atoms with E-state index >= 15 is 0 Å². The molecule has 2 aromatic heterocycles. The Labute approximate surface area is 190 Å². The van der Waals surface area contributed by atoms with E-state index in [1.807, 2.05) is 6.92 Å². The quantitative estimate of drug-likeness (QED) is 0.595. The van der Waals surface area contributed by atoms with Crippen LogP contribution in [0.2, 0.25) is 6.82 Å². The third kappa shape index (κ3) is 3.73. The fourth-order valence-corrected chi connectivity index (χ4v) is 5.01. The van der Waals surface area contributed by atoms with Gasteiger partial charge in [-0.05, 0) is 63.1 Å².